The summed E-state index contributed by atoms with van der Waals surface area (Å²) in [5.74, 6) is -1.99. The molecule has 0 saturated heterocycles. The molecule has 0 unspecified atom stereocenters. The zero-order valence-electron chi connectivity index (χ0n) is 13.9. The Morgan fingerprint density at radius 3 is 2.54 bits per heavy atom. The molecular weight excluding hydrogens is 336 g/mol. The van der Waals surface area contributed by atoms with E-state index in [1.807, 2.05) is 12.1 Å². The summed E-state index contributed by atoms with van der Waals surface area (Å²) in [5.41, 5.74) is 2.79. The van der Waals surface area contributed by atoms with E-state index >= 15 is 0 Å². The summed E-state index contributed by atoms with van der Waals surface area (Å²) in [6.07, 6.45) is 0. The van der Waals surface area contributed by atoms with Gasteiger partial charge in [0.05, 0.1) is 17.3 Å². The van der Waals surface area contributed by atoms with E-state index in [0.717, 1.165) is 17.2 Å². The highest BCUT2D eigenvalue weighted by Crippen LogP contribution is 2.45. The average molecular weight is 351 g/mol. The molecule has 1 atom stereocenters. The summed E-state index contributed by atoms with van der Waals surface area (Å²) in [5, 5.41) is 9.39. The number of rotatable bonds is 1. The van der Waals surface area contributed by atoms with Crippen LogP contribution in [-0.2, 0) is 0 Å². The van der Waals surface area contributed by atoms with E-state index in [1.54, 1.807) is 25.1 Å². The lowest BCUT2D eigenvalue weighted by atomic mass is 9.88. The molecule has 3 aromatic rings. The highest BCUT2D eigenvalue weighted by molar-refractivity contribution is 6.10. The minimum absolute atomic E-state index is 0.149. The van der Waals surface area contributed by atoms with Crippen molar-refractivity contribution in [3.63, 3.8) is 0 Å². The molecule has 0 bridgehead atoms. The van der Waals surface area contributed by atoms with Gasteiger partial charge in [-0.25, -0.2) is 8.78 Å². The number of hydrogen-bond acceptors (Lipinski definition) is 2. The molecule has 3 aromatic carbocycles. The van der Waals surface area contributed by atoms with Gasteiger partial charge >= 0.3 is 0 Å². The predicted molar refractivity (Wildman–Crippen MR) is 95.1 cm³/mol. The van der Waals surface area contributed by atoms with Crippen LogP contribution in [0.1, 0.15) is 28.9 Å². The van der Waals surface area contributed by atoms with Gasteiger partial charge in [0.25, 0.3) is 5.91 Å². The quantitative estimate of drug-likeness (QED) is 0.666. The third-order valence-electron chi connectivity index (χ3n) is 4.71. The molecule has 5 heteroatoms. The van der Waals surface area contributed by atoms with E-state index < -0.39 is 23.6 Å². The first-order valence-corrected chi connectivity index (χ1v) is 8.18. The predicted octanol–water partition coefficient (Wildman–Crippen LogP) is 5.06. The van der Waals surface area contributed by atoms with Crippen LogP contribution in [0.3, 0.4) is 0 Å². The van der Waals surface area contributed by atoms with Gasteiger partial charge in [-0.1, -0.05) is 24.3 Å². The summed E-state index contributed by atoms with van der Waals surface area (Å²) in [6.45, 7) is 1.78. The molecule has 130 valence electrons. The van der Waals surface area contributed by atoms with Crippen LogP contribution >= 0.6 is 0 Å². The number of phenols is 1. The van der Waals surface area contributed by atoms with E-state index in [0.29, 0.717) is 11.3 Å². The molecule has 1 amide bonds. The average Bonchev–Trinajstić information content (AvgIpc) is 2.62. The second kappa shape index (κ2) is 5.95. The number of nitrogens with zero attached hydrogens (tertiary/aromatic N) is 1. The smallest absolute Gasteiger partial charge is 0.261 e. The van der Waals surface area contributed by atoms with Gasteiger partial charge in [0, 0.05) is 11.6 Å². The van der Waals surface area contributed by atoms with Crippen molar-refractivity contribution in [2.45, 2.75) is 13.0 Å². The fourth-order valence-electron chi connectivity index (χ4n) is 3.48. The van der Waals surface area contributed by atoms with E-state index in [2.05, 4.69) is 0 Å². The first-order chi connectivity index (χ1) is 12.5. The first kappa shape index (κ1) is 16.3. The Kier molecular flexibility index (Phi) is 3.72. The summed E-state index contributed by atoms with van der Waals surface area (Å²) < 4.78 is 28.1. The Morgan fingerprint density at radius 1 is 1.00 bits per heavy atom. The van der Waals surface area contributed by atoms with Crippen LogP contribution in [0.5, 0.6) is 5.75 Å². The maximum Gasteiger partial charge on any atom is 0.261 e. The van der Waals surface area contributed by atoms with Crippen LogP contribution in [0.4, 0.5) is 14.5 Å². The molecule has 0 aliphatic carbocycles. The van der Waals surface area contributed by atoms with Gasteiger partial charge in [0.2, 0.25) is 0 Å². The molecule has 0 radical (unpaired) electrons. The lowest BCUT2D eigenvalue weighted by Gasteiger charge is -2.37. The molecule has 1 aliphatic heterocycles. The van der Waals surface area contributed by atoms with Crippen molar-refractivity contribution in [3.8, 4) is 16.9 Å². The Labute approximate surface area is 149 Å². The van der Waals surface area contributed by atoms with E-state index in [9.17, 15) is 18.7 Å². The molecule has 3 nitrogen and oxygen atoms in total. The van der Waals surface area contributed by atoms with Gasteiger partial charge in [-0.05, 0) is 48.4 Å². The standard InChI is InChI=1S/C21H15F2NO2/c1-12-18-10-13(22)6-8-15(18)16-4-2-3-5-20(16)24(12)21(26)17-9-7-14(25)11-19(17)23/h2-12,25H,1H3/t12-/m0/s1. The highest BCUT2D eigenvalue weighted by Gasteiger charge is 2.33. The minimum atomic E-state index is -0.801. The summed E-state index contributed by atoms with van der Waals surface area (Å²) >= 11 is 0. The molecule has 0 aromatic heterocycles. The van der Waals surface area contributed by atoms with Crippen molar-refractivity contribution in [2.24, 2.45) is 0 Å². The van der Waals surface area contributed by atoms with Gasteiger partial charge < -0.3 is 10.0 Å². The number of hydrogen-bond donors (Lipinski definition) is 1. The lowest BCUT2D eigenvalue weighted by Crippen LogP contribution is -2.36. The number of phenolic OH excluding ortho intramolecular Hbond substituents is 1. The topological polar surface area (TPSA) is 40.5 Å². The zero-order chi connectivity index (χ0) is 18.4. The van der Waals surface area contributed by atoms with Gasteiger partial charge in [0.15, 0.2) is 0 Å². The number of halogens is 2. The molecule has 1 heterocycles. The van der Waals surface area contributed by atoms with E-state index in [4.69, 9.17) is 0 Å². The van der Waals surface area contributed by atoms with Crippen molar-refractivity contribution in [2.75, 3.05) is 4.90 Å². The maximum atomic E-state index is 14.3. The van der Waals surface area contributed by atoms with Gasteiger partial charge in [0.1, 0.15) is 17.4 Å². The molecule has 1 aliphatic rings. The molecule has 26 heavy (non-hydrogen) atoms. The van der Waals surface area contributed by atoms with Crippen molar-refractivity contribution in [1.82, 2.24) is 0 Å². The Bertz CT molecular complexity index is 1030. The van der Waals surface area contributed by atoms with Crippen LogP contribution < -0.4 is 4.90 Å². The monoisotopic (exact) mass is 351 g/mol. The Morgan fingerprint density at radius 2 is 1.77 bits per heavy atom. The SMILES string of the molecule is C[C@H]1c2cc(F)ccc2-c2ccccc2N1C(=O)c1ccc(O)cc1F. The number of carbonyl (C=O) groups is 1. The van der Waals surface area contributed by atoms with Crippen LogP contribution in [0.15, 0.2) is 60.7 Å². The Hall–Kier alpha value is -3.21. The summed E-state index contributed by atoms with van der Waals surface area (Å²) in [4.78, 5) is 14.6. The van der Waals surface area contributed by atoms with Crippen LogP contribution in [0.25, 0.3) is 11.1 Å². The zero-order valence-corrected chi connectivity index (χ0v) is 13.9. The van der Waals surface area contributed by atoms with Crippen LogP contribution in [0.2, 0.25) is 0 Å². The fourth-order valence-corrected chi connectivity index (χ4v) is 3.48. The number of anilines is 1. The highest BCUT2D eigenvalue weighted by atomic mass is 19.1. The number of fused-ring (bicyclic) bond motifs is 3. The molecule has 0 spiro atoms. The lowest BCUT2D eigenvalue weighted by molar-refractivity contribution is 0.0974. The van der Waals surface area contributed by atoms with Crippen molar-refractivity contribution >= 4 is 11.6 Å². The number of aromatic hydroxyl groups is 1. The van der Waals surface area contributed by atoms with Crippen molar-refractivity contribution in [3.05, 3.63) is 83.4 Å². The molecule has 0 saturated carbocycles. The molecular formula is C21H15F2NO2. The number of para-hydroxylation sites is 1. The second-order valence-corrected chi connectivity index (χ2v) is 6.26. The normalized spacial score (nSPS) is 15.3. The first-order valence-electron chi connectivity index (χ1n) is 8.18. The number of amides is 1. The van der Waals surface area contributed by atoms with Crippen LogP contribution in [0, 0.1) is 11.6 Å². The largest absolute Gasteiger partial charge is 0.508 e. The summed E-state index contributed by atoms with van der Waals surface area (Å²) in [6, 6.07) is 14.7. The van der Waals surface area contributed by atoms with Crippen molar-refractivity contribution in [1.29, 1.82) is 0 Å². The number of benzene rings is 3. The molecule has 4 rings (SSSR count). The maximum absolute atomic E-state index is 14.3. The van der Waals surface area contributed by atoms with Crippen LogP contribution in [-0.4, -0.2) is 11.0 Å². The Balaban J connectivity index is 1.90. The third kappa shape index (κ3) is 2.44. The van der Waals surface area contributed by atoms with E-state index in [-0.39, 0.29) is 11.3 Å². The van der Waals surface area contributed by atoms with Gasteiger partial charge in [-0.15, -0.1) is 0 Å². The van der Waals surface area contributed by atoms with Crippen molar-refractivity contribution < 1.29 is 18.7 Å². The van der Waals surface area contributed by atoms with Gasteiger partial charge in [-0.2, -0.15) is 0 Å². The number of carbonyl (C=O) groups excluding carboxylic acids is 1. The summed E-state index contributed by atoms with van der Waals surface area (Å²) in [7, 11) is 0. The minimum Gasteiger partial charge on any atom is -0.508 e. The van der Waals surface area contributed by atoms with E-state index in [1.165, 1.54) is 29.2 Å². The molecule has 0 fully saturated rings. The molecule has 1 N–H and O–H groups in total. The fraction of sp³-hybridized carbons (Fsp3) is 0.0952. The third-order valence-corrected chi connectivity index (χ3v) is 4.71. The second-order valence-electron chi connectivity index (χ2n) is 6.26. The van der Waals surface area contributed by atoms with Gasteiger partial charge in [-0.3, -0.25) is 4.79 Å².